The summed E-state index contributed by atoms with van der Waals surface area (Å²) in [6, 6.07) is 6.53. The topological polar surface area (TPSA) is 75.4 Å². The first-order chi connectivity index (χ1) is 7.49. The number of carbonyl (C=O) groups is 2. The number of nitrogens with zero attached hydrogens (tertiary/aromatic N) is 1. The van der Waals surface area contributed by atoms with E-state index in [0.717, 1.165) is 0 Å². The molecule has 1 aromatic rings. The van der Waals surface area contributed by atoms with Gasteiger partial charge in [0.05, 0.1) is 6.54 Å². The Morgan fingerprint density at radius 2 is 2.06 bits per heavy atom. The van der Waals surface area contributed by atoms with Gasteiger partial charge >= 0.3 is 0 Å². The van der Waals surface area contributed by atoms with Crippen LogP contribution in [0, 0.1) is 0 Å². The summed E-state index contributed by atoms with van der Waals surface area (Å²) in [5.41, 5.74) is 6.08. The number of carbonyl (C=O) groups excluding carboxylic acids is 2. The Hall–Kier alpha value is -1.88. The minimum absolute atomic E-state index is 0.133. The van der Waals surface area contributed by atoms with Gasteiger partial charge in [0.25, 0.3) is 0 Å². The predicted octanol–water partition coefficient (Wildman–Crippen LogP) is 0.286. The molecule has 0 unspecified atom stereocenters. The fraction of sp³-hybridized carbons (Fsp3) is 0.273. The normalized spacial score (nSPS) is 10.2. The van der Waals surface area contributed by atoms with E-state index in [1.807, 2.05) is 0 Å². The summed E-state index contributed by atoms with van der Waals surface area (Å²) in [6.45, 7) is 0.292. The molecule has 0 spiro atoms. The number of primary amides is 1. The van der Waals surface area contributed by atoms with Crippen LogP contribution in [0.15, 0.2) is 24.3 Å². The van der Waals surface area contributed by atoms with Crippen LogP contribution in [0.25, 0.3) is 0 Å². The van der Waals surface area contributed by atoms with Gasteiger partial charge in [-0.05, 0) is 32.3 Å². The van der Waals surface area contributed by atoms with Crippen molar-refractivity contribution in [3.05, 3.63) is 29.8 Å². The fourth-order valence-electron chi connectivity index (χ4n) is 1.24. The standard InChI is InChI=1S/C11H15N3O2/c1-14(2)7-10(15)13-9-5-3-4-8(6-9)11(12)16/h3-6H,7H2,1-2H3,(H2,12,16)(H,13,15). The Labute approximate surface area is 94.2 Å². The van der Waals surface area contributed by atoms with E-state index >= 15 is 0 Å². The van der Waals surface area contributed by atoms with Crippen LogP contribution in [0.1, 0.15) is 10.4 Å². The van der Waals surface area contributed by atoms with Gasteiger partial charge in [-0.1, -0.05) is 6.07 Å². The summed E-state index contributed by atoms with van der Waals surface area (Å²) in [6.07, 6.45) is 0. The first kappa shape index (κ1) is 12.2. The smallest absolute Gasteiger partial charge is 0.248 e. The van der Waals surface area contributed by atoms with Gasteiger partial charge in [-0.2, -0.15) is 0 Å². The van der Waals surface area contributed by atoms with Crippen molar-refractivity contribution in [1.82, 2.24) is 4.90 Å². The van der Waals surface area contributed by atoms with E-state index < -0.39 is 5.91 Å². The molecule has 0 aliphatic heterocycles. The second-order valence-corrected chi connectivity index (χ2v) is 3.73. The van der Waals surface area contributed by atoms with Gasteiger partial charge in [-0.3, -0.25) is 9.59 Å². The molecule has 3 N–H and O–H groups in total. The van der Waals surface area contributed by atoms with E-state index in [0.29, 0.717) is 17.8 Å². The molecule has 2 amide bonds. The van der Waals surface area contributed by atoms with E-state index in [1.165, 1.54) is 0 Å². The van der Waals surface area contributed by atoms with Crippen LogP contribution in [-0.4, -0.2) is 37.4 Å². The zero-order valence-corrected chi connectivity index (χ0v) is 9.36. The molecule has 1 aromatic carbocycles. The minimum Gasteiger partial charge on any atom is -0.366 e. The first-order valence-corrected chi connectivity index (χ1v) is 4.83. The number of nitrogens with one attached hydrogen (secondary N) is 1. The van der Waals surface area contributed by atoms with Crippen LogP contribution < -0.4 is 11.1 Å². The van der Waals surface area contributed by atoms with Crippen LogP contribution in [0.5, 0.6) is 0 Å². The number of benzene rings is 1. The quantitative estimate of drug-likeness (QED) is 0.767. The van der Waals surface area contributed by atoms with Gasteiger partial charge in [0.1, 0.15) is 0 Å². The van der Waals surface area contributed by atoms with Gasteiger partial charge in [0.2, 0.25) is 11.8 Å². The third-order valence-electron chi connectivity index (χ3n) is 1.89. The fourth-order valence-corrected chi connectivity index (χ4v) is 1.24. The van der Waals surface area contributed by atoms with E-state index in [4.69, 9.17) is 5.73 Å². The van der Waals surface area contributed by atoms with Gasteiger partial charge < -0.3 is 16.0 Å². The van der Waals surface area contributed by atoms with Crippen molar-refractivity contribution in [3.8, 4) is 0 Å². The maximum absolute atomic E-state index is 11.4. The molecule has 0 aliphatic carbocycles. The Morgan fingerprint density at radius 3 is 2.62 bits per heavy atom. The van der Waals surface area contributed by atoms with E-state index in [-0.39, 0.29) is 5.91 Å². The molecular weight excluding hydrogens is 206 g/mol. The molecule has 0 fully saturated rings. The molecule has 0 aromatic heterocycles. The van der Waals surface area contributed by atoms with Crippen LogP contribution in [0.3, 0.4) is 0 Å². The minimum atomic E-state index is -0.510. The Balaban J connectivity index is 2.70. The lowest BCUT2D eigenvalue weighted by Gasteiger charge is -2.10. The lowest BCUT2D eigenvalue weighted by molar-refractivity contribution is -0.116. The molecule has 0 heterocycles. The maximum Gasteiger partial charge on any atom is 0.248 e. The highest BCUT2D eigenvalue weighted by Crippen LogP contribution is 2.09. The number of rotatable bonds is 4. The lowest BCUT2D eigenvalue weighted by atomic mass is 10.2. The summed E-state index contributed by atoms with van der Waals surface area (Å²) < 4.78 is 0. The molecule has 0 bridgehead atoms. The van der Waals surface area contributed by atoms with E-state index in [2.05, 4.69) is 5.32 Å². The number of amides is 2. The summed E-state index contributed by atoms with van der Waals surface area (Å²) in [4.78, 5) is 24.1. The molecule has 16 heavy (non-hydrogen) atoms. The second-order valence-electron chi connectivity index (χ2n) is 3.73. The zero-order valence-electron chi connectivity index (χ0n) is 9.36. The highest BCUT2D eigenvalue weighted by molar-refractivity contribution is 5.96. The third-order valence-corrected chi connectivity index (χ3v) is 1.89. The van der Waals surface area contributed by atoms with Crippen molar-refractivity contribution in [2.45, 2.75) is 0 Å². The maximum atomic E-state index is 11.4. The highest BCUT2D eigenvalue weighted by atomic mass is 16.2. The molecule has 0 saturated heterocycles. The van der Waals surface area contributed by atoms with Gasteiger partial charge in [-0.15, -0.1) is 0 Å². The monoisotopic (exact) mass is 221 g/mol. The molecule has 0 atom stereocenters. The number of hydrogen-bond acceptors (Lipinski definition) is 3. The van der Waals surface area contributed by atoms with Crippen molar-refractivity contribution in [2.24, 2.45) is 5.73 Å². The Kier molecular flexibility index (Phi) is 4.02. The van der Waals surface area contributed by atoms with Gasteiger partial charge in [0, 0.05) is 11.3 Å². The summed E-state index contributed by atoms with van der Waals surface area (Å²) in [7, 11) is 3.61. The molecular formula is C11H15N3O2. The predicted molar refractivity (Wildman–Crippen MR) is 62.1 cm³/mol. The van der Waals surface area contributed by atoms with E-state index in [9.17, 15) is 9.59 Å². The number of anilines is 1. The first-order valence-electron chi connectivity index (χ1n) is 4.83. The molecule has 0 saturated carbocycles. The summed E-state index contributed by atoms with van der Waals surface area (Å²) >= 11 is 0. The highest BCUT2D eigenvalue weighted by Gasteiger charge is 2.05. The van der Waals surface area contributed by atoms with Crippen LogP contribution in [0.2, 0.25) is 0 Å². The van der Waals surface area contributed by atoms with Crippen LogP contribution in [0.4, 0.5) is 5.69 Å². The van der Waals surface area contributed by atoms with Gasteiger partial charge in [0.15, 0.2) is 0 Å². The zero-order chi connectivity index (χ0) is 12.1. The average molecular weight is 221 g/mol. The number of hydrogen-bond donors (Lipinski definition) is 2. The SMILES string of the molecule is CN(C)CC(=O)Nc1cccc(C(N)=O)c1. The second kappa shape index (κ2) is 5.27. The van der Waals surface area contributed by atoms with Crippen molar-refractivity contribution in [2.75, 3.05) is 26.0 Å². The lowest BCUT2D eigenvalue weighted by Crippen LogP contribution is -2.27. The van der Waals surface area contributed by atoms with Crippen molar-refractivity contribution in [3.63, 3.8) is 0 Å². The molecule has 0 aliphatic rings. The molecule has 0 radical (unpaired) electrons. The van der Waals surface area contributed by atoms with Crippen molar-refractivity contribution >= 4 is 17.5 Å². The van der Waals surface area contributed by atoms with Gasteiger partial charge in [-0.25, -0.2) is 0 Å². The average Bonchev–Trinajstić information content (AvgIpc) is 2.16. The molecule has 5 heteroatoms. The van der Waals surface area contributed by atoms with Crippen LogP contribution in [-0.2, 0) is 4.79 Å². The van der Waals surface area contributed by atoms with E-state index in [1.54, 1.807) is 43.3 Å². The Bertz CT molecular complexity index is 402. The van der Waals surface area contributed by atoms with Crippen molar-refractivity contribution in [1.29, 1.82) is 0 Å². The van der Waals surface area contributed by atoms with Crippen LogP contribution >= 0.6 is 0 Å². The summed E-state index contributed by atoms with van der Waals surface area (Å²) in [5.74, 6) is -0.643. The molecule has 1 rings (SSSR count). The molecule has 5 nitrogen and oxygen atoms in total. The number of nitrogens with two attached hydrogens (primary N) is 1. The number of likely N-dealkylation sites (N-methyl/N-ethyl adjacent to an activating group) is 1. The Morgan fingerprint density at radius 1 is 1.38 bits per heavy atom. The largest absolute Gasteiger partial charge is 0.366 e. The third kappa shape index (κ3) is 3.70. The van der Waals surface area contributed by atoms with Crippen molar-refractivity contribution < 1.29 is 9.59 Å². The summed E-state index contributed by atoms with van der Waals surface area (Å²) in [5, 5.41) is 2.68. The molecule has 86 valence electrons.